The third kappa shape index (κ3) is 2.61. The van der Waals surface area contributed by atoms with Gasteiger partial charge in [-0.3, -0.25) is 4.79 Å². The van der Waals surface area contributed by atoms with E-state index in [4.69, 9.17) is 0 Å². The molecule has 0 spiro atoms. The molecule has 0 bridgehead atoms. The van der Waals surface area contributed by atoms with Gasteiger partial charge in [0, 0.05) is 11.6 Å². The summed E-state index contributed by atoms with van der Waals surface area (Å²) in [6.07, 6.45) is 2.16. The van der Waals surface area contributed by atoms with E-state index in [0.29, 0.717) is 11.6 Å². The van der Waals surface area contributed by atoms with Crippen molar-refractivity contribution in [2.45, 2.75) is 38.3 Å². The van der Waals surface area contributed by atoms with Gasteiger partial charge >= 0.3 is 0 Å². The predicted molar refractivity (Wildman–Crippen MR) is 62.2 cm³/mol. The van der Waals surface area contributed by atoms with Crippen molar-refractivity contribution in [2.75, 3.05) is 0 Å². The second-order valence-corrected chi connectivity index (χ2v) is 4.89. The van der Waals surface area contributed by atoms with Gasteiger partial charge in [0.25, 0.3) is 5.91 Å². The summed E-state index contributed by atoms with van der Waals surface area (Å²) in [6.45, 7) is 3.43. The molecule has 1 aliphatic rings. The summed E-state index contributed by atoms with van der Waals surface area (Å²) >= 11 is 0. The van der Waals surface area contributed by atoms with Gasteiger partial charge in [-0.1, -0.05) is 12.1 Å². The quantitative estimate of drug-likeness (QED) is 0.814. The van der Waals surface area contributed by atoms with E-state index in [9.17, 15) is 9.90 Å². The maximum absolute atomic E-state index is 11.8. The molecule has 86 valence electrons. The molecule has 0 atom stereocenters. The minimum Gasteiger partial charge on any atom is -0.386 e. The average molecular weight is 219 g/mol. The van der Waals surface area contributed by atoms with E-state index in [0.717, 1.165) is 18.4 Å². The van der Waals surface area contributed by atoms with E-state index in [1.165, 1.54) is 0 Å². The van der Waals surface area contributed by atoms with E-state index >= 15 is 0 Å². The molecule has 2 N–H and O–H groups in total. The third-order valence-corrected chi connectivity index (χ3v) is 2.74. The summed E-state index contributed by atoms with van der Waals surface area (Å²) < 4.78 is 0. The number of amides is 1. The average Bonchev–Trinajstić information content (AvgIpc) is 3.00. The van der Waals surface area contributed by atoms with E-state index in [2.05, 4.69) is 5.32 Å². The van der Waals surface area contributed by atoms with Gasteiger partial charge in [-0.2, -0.15) is 0 Å². The predicted octanol–water partition coefficient (Wildman–Crippen LogP) is 1.81. The zero-order valence-corrected chi connectivity index (χ0v) is 9.66. The topological polar surface area (TPSA) is 49.3 Å². The van der Waals surface area contributed by atoms with Crippen LogP contribution in [-0.4, -0.2) is 17.1 Å². The van der Waals surface area contributed by atoms with Gasteiger partial charge in [0.15, 0.2) is 0 Å². The first kappa shape index (κ1) is 11.1. The zero-order chi connectivity index (χ0) is 11.8. The summed E-state index contributed by atoms with van der Waals surface area (Å²) in [4.78, 5) is 11.8. The van der Waals surface area contributed by atoms with Crippen molar-refractivity contribution < 1.29 is 9.90 Å². The lowest BCUT2D eigenvalue weighted by atomic mass is 9.96. The Kier molecular flexibility index (Phi) is 2.72. The van der Waals surface area contributed by atoms with Crippen LogP contribution in [0.25, 0.3) is 0 Å². The summed E-state index contributed by atoms with van der Waals surface area (Å²) in [7, 11) is 0. The highest BCUT2D eigenvalue weighted by Crippen LogP contribution is 2.22. The van der Waals surface area contributed by atoms with Gasteiger partial charge in [0.1, 0.15) is 0 Å². The van der Waals surface area contributed by atoms with Crippen LogP contribution in [0.1, 0.15) is 42.6 Å². The maximum atomic E-state index is 11.8. The number of carbonyl (C=O) groups excluding carboxylic acids is 1. The van der Waals surface area contributed by atoms with Crippen LogP contribution in [0.4, 0.5) is 0 Å². The van der Waals surface area contributed by atoms with Crippen LogP contribution >= 0.6 is 0 Å². The van der Waals surface area contributed by atoms with E-state index in [1.807, 2.05) is 6.07 Å². The molecular weight excluding hydrogens is 202 g/mol. The molecular formula is C13H17NO2. The number of nitrogens with one attached hydrogen (secondary N) is 1. The molecule has 0 unspecified atom stereocenters. The Labute approximate surface area is 95.5 Å². The fourth-order valence-electron chi connectivity index (χ4n) is 1.54. The van der Waals surface area contributed by atoms with Crippen molar-refractivity contribution in [1.29, 1.82) is 0 Å². The van der Waals surface area contributed by atoms with Crippen LogP contribution in [0.15, 0.2) is 24.3 Å². The Balaban J connectivity index is 2.17. The maximum Gasteiger partial charge on any atom is 0.251 e. The highest BCUT2D eigenvalue weighted by Gasteiger charge is 2.24. The lowest BCUT2D eigenvalue weighted by molar-refractivity contribution is 0.0784. The molecule has 0 saturated heterocycles. The molecule has 1 saturated carbocycles. The molecule has 1 aliphatic carbocycles. The summed E-state index contributed by atoms with van der Waals surface area (Å²) in [5.74, 6) is -0.0476. The minimum atomic E-state index is -0.907. The van der Waals surface area contributed by atoms with Gasteiger partial charge in [-0.05, 0) is 44.4 Å². The molecule has 0 radical (unpaired) electrons. The van der Waals surface area contributed by atoms with Gasteiger partial charge < -0.3 is 10.4 Å². The molecule has 16 heavy (non-hydrogen) atoms. The fraction of sp³-hybridized carbons (Fsp3) is 0.462. The zero-order valence-electron chi connectivity index (χ0n) is 9.66. The van der Waals surface area contributed by atoms with E-state index in [1.54, 1.807) is 32.0 Å². The van der Waals surface area contributed by atoms with Crippen LogP contribution in [0.5, 0.6) is 0 Å². The minimum absolute atomic E-state index is 0.0476. The van der Waals surface area contributed by atoms with Crippen molar-refractivity contribution in [1.82, 2.24) is 5.32 Å². The first-order chi connectivity index (χ1) is 7.47. The first-order valence-corrected chi connectivity index (χ1v) is 5.60. The van der Waals surface area contributed by atoms with E-state index in [-0.39, 0.29) is 5.91 Å². The lowest BCUT2D eigenvalue weighted by Crippen LogP contribution is -2.26. The van der Waals surface area contributed by atoms with Gasteiger partial charge in [0.2, 0.25) is 0 Å². The molecule has 0 heterocycles. The first-order valence-electron chi connectivity index (χ1n) is 5.60. The van der Waals surface area contributed by atoms with E-state index < -0.39 is 5.60 Å². The largest absolute Gasteiger partial charge is 0.386 e. The molecule has 0 aromatic heterocycles. The monoisotopic (exact) mass is 219 g/mol. The normalized spacial score (nSPS) is 15.9. The van der Waals surface area contributed by atoms with Crippen LogP contribution < -0.4 is 5.32 Å². The lowest BCUT2D eigenvalue weighted by Gasteiger charge is -2.18. The Bertz CT molecular complexity index is 403. The molecule has 2 rings (SSSR count). The van der Waals surface area contributed by atoms with Crippen LogP contribution in [0.2, 0.25) is 0 Å². The van der Waals surface area contributed by atoms with Crippen LogP contribution in [0.3, 0.4) is 0 Å². The molecule has 0 aliphatic heterocycles. The summed E-state index contributed by atoms with van der Waals surface area (Å²) in [6, 6.07) is 7.51. The van der Waals surface area contributed by atoms with Gasteiger partial charge in [0.05, 0.1) is 5.60 Å². The highest BCUT2D eigenvalue weighted by molar-refractivity contribution is 5.94. The number of hydrogen-bond donors (Lipinski definition) is 2. The van der Waals surface area contributed by atoms with Crippen molar-refractivity contribution in [2.24, 2.45) is 0 Å². The van der Waals surface area contributed by atoms with Gasteiger partial charge in [-0.25, -0.2) is 0 Å². The third-order valence-electron chi connectivity index (χ3n) is 2.74. The number of benzene rings is 1. The molecule has 1 aromatic rings. The molecule has 3 nitrogen and oxygen atoms in total. The van der Waals surface area contributed by atoms with Crippen LogP contribution in [0, 0.1) is 0 Å². The SMILES string of the molecule is CC(C)(O)c1cccc(C(=O)NC2CC2)c1. The molecule has 1 amide bonds. The number of rotatable bonds is 3. The summed E-state index contributed by atoms with van der Waals surface area (Å²) in [5.41, 5.74) is 0.470. The Hall–Kier alpha value is -1.35. The molecule has 3 heteroatoms. The van der Waals surface area contributed by atoms with Crippen molar-refractivity contribution >= 4 is 5.91 Å². The van der Waals surface area contributed by atoms with Crippen LogP contribution in [-0.2, 0) is 5.60 Å². The second-order valence-electron chi connectivity index (χ2n) is 4.89. The standard InChI is InChI=1S/C13H17NO2/c1-13(2,16)10-5-3-4-9(8-10)12(15)14-11-6-7-11/h3-5,8,11,16H,6-7H2,1-2H3,(H,14,15). The number of carbonyl (C=O) groups is 1. The summed E-state index contributed by atoms with van der Waals surface area (Å²) in [5, 5.41) is 12.8. The second kappa shape index (κ2) is 3.91. The Morgan fingerprint density at radius 3 is 2.69 bits per heavy atom. The molecule has 1 aromatic carbocycles. The van der Waals surface area contributed by atoms with Crippen molar-refractivity contribution in [3.8, 4) is 0 Å². The van der Waals surface area contributed by atoms with Gasteiger partial charge in [-0.15, -0.1) is 0 Å². The van der Waals surface area contributed by atoms with Crippen molar-refractivity contribution in [3.05, 3.63) is 35.4 Å². The Morgan fingerprint density at radius 2 is 2.12 bits per heavy atom. The fourth-order valence-corrected chi connectivity index (χ4v) is 1.54. The number of hydrogen-bond acceptors (Lipinski definition) is 2. The Morgan fingerprint density at radius 1 is 1.44 bits per heavy atom. The molecule has 1 fully saturated rings. The number of aliphatic hydroxyl groups is 1. The smallest absolute Gasteiger partial charge is 0.251 e. The highest BCUT2D eigenvalue weighted by atomic mass is 16.3. The van der Waals surface area contributed by atoms with Crippen molar-refractivity contribution in [3.63, 3.8) is 0 Å².